The fourth-order valence-corrected chi connectivity index (χ4v) is 2.72. The predicted octanol–water partition coefficient (Wildman–Crippen LogP) is 1.30. The van der Waals surface area contributed by atoms with Crippen molar-refractivity contribution in [2.24, 2.45) is 5.41 Å². The van der Waals surface area contributed by atoms with Crippen molar-refractivity contribution in [2.75, 3.05) is 31.4 Å². The molecule has 0 radical (unpaired) electrons. The van der Waals surface area contributed by atoms with Crippen molar-refractivity contribution in [1.29, 1.82) is 0 Å². The van der Waals surface area contributed by atoms with E-state index in [0.717, 1.165) is 25.1 Å². The maximum absolute atomic E-state index is 11.4. The quantitative estimate of drug-likeness (QED) is 0.875. The van der Waals surface area contributed by atoms with Gasteiger partial charge in [-0.3, -0.25) is 0 Å². The highest BCUT2D eigenvalue weighted by atomic mass is 32.2. The standard InChI is InChI=1S/C13H19NO3S/c1-14(9-13(10-15)7-8-13)11-3-5-12(6-4-11)18(2,16)17/h3-6,15H,7-10H2,1-2H3. The van der Waals surface area contributed by atoms with Crippen LogP contribution in [0.25, 0.3) is 0 Å². The zero-order valence-corrected chi connectivity index (χ0v) is 11.6. The van der Waals surface area contributed by atoms with Gasteiger partial charge in [0.1, 0.15) is 0 Å². The molecule has 1 aliphatic rings. The summed E-state index contributed by atoms with van der Waals surface area (Å²) in [5.74, 6) is 0. The lowest BCUT2D eigenvalue weighted by Gasteiger charge is -2.24. The molecule has 0 aliphatic heterocycles. The molecule has 0 heterocycles. The van der Waals surface area contributed by atoms with Crippen LogP contribution in [-0.4, -0.2) is 40.0 Å². The molecule has 1 fully saturated rings. The fourth-order valence-electron chi connectivity index (χ4n) is 2.09. The van der Waals surface area contributed by atoms with Crippen molar-refractivity contribution in [3.8, 4) is 0 Å². The molecular weight excluding hydrogens is 250 g/mol. The van der Waals surface area contributed by atoms with Crippen molar-refractivity contribution in [3.63, 3.8) is 0 Å². The number of aliphatic hydroxyl groups excluding tert-OH is 1. The van der Waals surface area contributed by atoms with Gasteiger partial charge in [0, 0.05) is 31.0 Å². The average Bonchev–Trinajstić information content (AvgIpc) is 3.08. The summed E-state index contributed by atoms with van der Waals surface area (Å²) in [4.78, 5) is 2.40. The topological polar surface area (TPSA) is 57.6 Å². The Labute approximate surface area is 108 Å². The number of sulfone groups is 1. The van der Waals surface area contributed by atoms with Crippen LogP contribution in [0.4, 0.5) is 5.69 Å². The Morgan fingerprint density at radius 1 is 1.28 bits per heavy atom. The molecule has 5 heteroatoms. The van der Waals surface area contributed by atoms with E-state index in [-0.39, 0.29) is 12.0 Å². The summed E-state index contributed by atoms with van der Waals surface area (Å²) in [6, 6.07) is 6.87. The first-order chi connectivity index (χ1) is 8.36. The molecule has 18 heavy (non-hydrogen) atoms. The van der Waals surface area contributed by atoms with Crippen molar-refractivity contribution < 1.29 is 13.5 Å². The van der Waals surface area contributed by atoms with Crippen LogP contribution < -0.4 is 4.90 Å². The molecule has 0 unspecified atom stereocenters. The minimum Gasteiger partial charge on any atom is -0.396 e. The van der Waals surface area contributed by atoms with E-state index in [2.05, 4.69) is 4.90 Å². The van der Waals surface area contributed by atoms with Gasteiger partial charge in [0.15, 0.2) is 9.84 Å². The van der Waals surface area contributed by atoms with E-state index in [1.54, 1.807) is 12.1 Å². The molecule has 1 aromatic rings. The molecule has 1 N–H and O–H groups in total. The lowest BCUT2D eigenvalue weighted by Crippen LogP contribution is -2.28. The normalized spacial score (nSPS) is 17.5. The van der Waals surface area contributed by atoms with Crippen LogP contribution in [0.2, 0.25) is 0 Å². The molecule has 0 aromatic heterocycles. The van der Waals surface area contributed by atoms with E-state index in [0.29, 0.717) is 4.90 Å². The van der Waals surface area contributed by atoms with Crippen LogP contribution in [-0.2, 0) is 9.84 Å². The van der Waals surface area contributed by atoms with Gasteiger partial charge in [-0.2, -0.15) is 0 Å². The summed E-state index contributed by atoms with van der Waals surface area (Å²) in [5, 5.41) is 9.30. The zero-order valence-electron chi connectivity index (χ0n) is 10.8. The van der Waals surface area contributed by atoms with E-state index in [1.165, 1.54) is 6.26 Å². The van der Waals surface area contributed by atoms with E-state index in [9.17, 15) is 13.5 Å². The molecule has 0 atom stereocenters. The van der Waals surface area contributed by atoms with Crippen molar-refractivity contribution >= 4 is 15.5 Å². The Balaban J connectivity index is 2.10. The summed E-state index contributed by atoms with van der Waals surface area (Å²) in [7, 11) is -1.17. The Bertz CT molecular complexity index is 518. The largest absolute Gasteiger partial charge is 0.396 e. The summed E-state index contributed by atoms with van der Waals surface area (Å²) in [6.45, 7) is 1.03. The number of aliphatic hydroxyl groups is 1. The van der Waals surface area contributed by atoms with Gasteiger partial charge in [-0.15, -0.1) is 0 Å². The molecule has 1 aromatic carbocycles. The lowest BCUT2D eigenvalue weighted by molar-refractivity contribution is 0.215. The van der Waals surface area contributed by atoms with Gasteiger partial charge in [-0.05, 0) is 37.1 Å². The lowest BCUT2D eigenvalue weighted by atomic mass is 10.1. The van der Waals surface area contributed by atoms with Crippen LogP contribution in [0, 0.1) is 5.41 Å². The van der Waals surface area contributed by atoms with E-state index >= 15 is 0 Å². The first-order valence-electron chi connectivity index (χ1n) is 5.98. The van der Waals surface area contributed by atoms with Gasteiger partial charge in [0.25, 0.3) is 0 Å². The summed E-state index contributed by atoms with van der Waals surface area (Å²) < 4.78 is 22.7. The predicted molar refractivity (Wildman–Crippen MR) is 71.6 cm³/mol. The third kappa shape index (κ3) is 2.84. The molecule has 0 amide bonds. The number of nitrogens with zero attached hydrogens (tertiary/aromatic N) is 1. The Hall–Kier alpha value is -1.07. The number of benzene rings is 1. The van der Waals surface area contributed by atoms with Gasteiger partial charge < -0.3 is 10.0 Å². The number of hydrogen-bond acceptors (Lipinski definition) is 4. The third-order valence-electron chi connectivity index (χ3n) is 3.57. The van der Waals surface area contributed by atoms with Crippen LogP contribution >= 0.6 is 0 Å². The van der Waals surface area contributed by atoms with Gasteiger partial charge in [0.05, 0.1) is 11.5 Å². The van der Waals surface area contributed by atoms with Gasteiger partial charge in [-0.1, -0.05) is 0 Å². The Morgan fingerprint density at radius 2 is 1.83 bits per heavy atom. The molecule has 0 saturated heterocycles. The second-order valence-corrected chi connectivity index (χ2v) is 7.30. The summed E-state index contributed by atoms with van der Waals surface area (Å²) >= 11 is 0. The molecule has 2 rings (SSSR count). The number of rotatable bonds is 5. The Kier molecular flexibility index (Phi) is 3.38. The summed E-state index contributed by atoms with van der Waals surface area (Å²) in [6.07, 6.45) is 3.33. The molecule has 1 saturated carbocycles. The maximum Gasteiger partial charge on any atom is 0.175 e. The smallest absolute Gasteiger partial charge is 0.175 e. The first-order valence-corrected chi connectivity index (χ1v) is 7.88. The second-order valence-electron chi connectivity index (χ2n) is 5.28. The van der Waals surface area contributed by atoms with Crippen molar-refractivity contribution in [1.82, 2.24) is 0 Å². The van der Waals surface area contributed by atoms with Crippen molar-refractivity contribution in [3.05, 3.63) is 24.3 Å². The Morgan fingerprint density at radius 3 is 2.22 bits per heavy atom. The molecule has 1 aliphatic carbocycles. The maximum atomic E-state index is 11.4. The van der Waals surface area contributed by atoms with E-state index < -0.39 is 9.84 Å². The minimum atomic E-state index is -3.13. The van der Waals surface area contributed by atoms with Gasteiger partial charge in [-0.25, -0.2) is 8.42 Å². The van der Waals surface area contributed by atoms with Gasteiger partial charge >= 0.3 is 0 Å². The molecule has 4 nitrogen and oxygen atoms in total. The highest BCUT2D eigenvalue weighted by Gasteiger charge is 2.42. The van der Waals surface area contributed by atoms with Crippen molar-refractivity contribution in [2.45, 2.75) is 17.7 Å². The van der Waals surface area contributed by atoms with E-state index in [1.807, 2.05) is 19.2 Å². The van der Waals surface area contributed by atoms with Crippen LogP contribution in [0.5, 0.6) is 0 Å². The van der Waals surface area contributed by atoms with Crippen LogP contribution in [0.3, 0.4) is 0 Å². The summed E-state index contributed by atoms with van der Waals surface area (Å²) in [5.41, 5.74) is 1.03. The third-order valence-corrected chi connectivity index (χ3v) is 4.70. The monoisotopic (exact) mass is 269 g/mol. The molecular formula is C13H19NO3S. The van der Waals surface area contributed by atoms with E-state index in [4.69, 9.17) is 0 Å². The zero-order chi connectivity index (χ0) is 13.4. The average molecular weight is 269 g/mol. The molecule has 100 valence electrons. The van der Waals surface area contributed by atoms with Crippen LogP contribution in [0.15, 0.2) is 29.2 Å². The number of hydrogen-bond donors (Lipinski definition) is 1. The first kappa shape index (κ1) is 13.4. The highest BCUT2D eigenvalue weighted by Crippen LogP contribution is 2.45. The second kappa shape index (κ2) is 4.55. The van der Waals surface area contributed by atoms with Crippen LogP contribution in [0.1, 0.15) is 12.8 Å². The molecule has 0 bridgehead atoms. The number of anilines is 1. The SMILES string of the molecule is CN(CC1(CO)CC1)c1ccc(S(C)(=O)=O)cc1. The highest BCUT2D eigenvalue weighted by molar-refractivity contribution is 7.90. The molecule has 0 spiro atoms. The minimum absolute atomic E-state index is 0.0598. The fraction of sp³-hybridized carbons (Fsp3) is 0.538. The van der Waals surface area contributed by atoms with Gasteiger partial charge in [0.2, 0.25) is 0 Å².